The average Bonchev–Trinajstić information content (AvgIpc) is 3.09. The third-order valence-electron chi connectivity index (χ3n) is 8.35. The van der Waals surface area contributed by atoms with Crippen LogP contribution in [-0.4, -0.2) is 19.9 Å². The molecule has 49 heavy (non-hydrogen) atoms. The Kier molecular flexibility index (Phi) is 8.65. The number of hydrogen-bond acceptors (Lipinski definition) is 4. The first kappa shape index (κ1) is 33.6. The van der Waals surface area contributed by atoms with Crippen molar-refractivity contribution in [3.8, 4) is 56.5 Å². The monoisotopic (exact) mass is 664 g/mol. The smallest absolute Gasteiger partial charge is 0.200 e. The molecule has 0 saturated carbocycles. The van der Waals surface area contributed by atoms with Gasteiger partial charge in [-0.3, -0.25) is 4.98 Å². The van der Waals surface area contributed by atoms with Gasteiger partial charge in [0.1, 0.15) is 0 Å². The maximum atomic E-state index is 14.4. The first-order chi connectivity index (χ1) is 23.1. The lowest BCUT2D eigenvalue weighted by Gasteiger charge is -2.19. The van der Waals surface area contributed by atoms with E-state index in [1.807, 2.05) is 24.3 Å². The molecule has 0 fully saturated rings. The summed E-state index contributed by atoms with van der Waals surface area (Å²) in [4.78, 5) is 19.0. The third kappa shape index (κ3) is 6.70. The van der Waals surface area contributed by atoms with Crippen LogP contribution >= 0.6 is 0 Å². The van der Waals surface area contributed by atoms with Crippen LogP contribution in [0, 0.1) is 29.1 Å². The van der Waals surface area contributed by atoms with Crippen LogP contribution in [0.3, 0.4) is 0 Å². The number of nitrogens with zero attached hydrogens (tertiary/aromatic N) is 4. The predicted octanol–water partition coefficient (Wildman–Crippen LogP) is 10.9. The average molecular weight is 665 g/mol. The zero-order valence-corrected chi connectivity index (χ0v) is 27.8. The number of aromatic nitrogens is 4. The molecule has 4 nitrogen and oxygen atoms in total. The van der Waals surface area contributed by atoms with Crippen LogP contribution in [0.25, 0.3) is 56.5 Å². The van der Waals surface area contributed by atoms with E-state index in [-0.39, 0.29) is 16.4 Å². The fraction of sp³-hybridized carbons (Fsp3) is 0.200. The second kappa shape index (κ2) is 12.6. The summed E-state index contributed by atoms with van der Waals surface area (Å²) in [5, 5.41) is 0. The second-order valence-corrected chi connectivity index (χ2v) is 13.9. The summed E-state index contributed by atoms with van der Waals surface area (Å²) in [5.41, 5.74) is 4.56. The zero-order valence-electron chi connectivity index (χ0n) is 27.8. The number of rotatable bonds is 5. The fourth-order valence-electron chi connectivity index (χ4n) is 5.36. The van der Waals surface area contributed by atoms with Crippen molar-refractivity contribution in [3.63, 3.8) is 0 Å². The first-order valence-corrected chi connectivity index (χ1v) is 15.7. The van der Waals surface area contributed by atoms with Gasteiger partial charge in [-0.2, -0.15) is 0 Å². The van der Waals surface area contributed by atoms with Gasteiger partial charge in [0.25, 0.3) is 0 Å². The van der Waals surface area contributed by atoms with Crippen molar-refractivity contribution in [2.45, 2.75) is 52.4 Å². The topological polar surface area (TPSA) is 51.6 Å². The molecule has 0 N–H and O–H groups in total. The summed E-state index contributed by atoms with van der Waals surface area (Å²) in [5.74, 6) is -8.54. The lowest BCUT2D eigenvalue weighted by molar-refractivity contribution is 0.381. The van der Waals surface area contributed by atoms with Crippen molar-refractivity contribution < 1.29 is 22.0 Å². The maximum Gasteiger partial charge on any atom is 0.200 e. The Bertz CT molecular complexity index is 2040. The Morgan fingerprint density at radius 1 is 0.388 bits per heavy atom. The molecule has 6 aromatic rings. The summed E-state index contributed by atoms with van der Waals surface area (Å²) in [6.45, 7) is 12.9. The first-order valence-electron chi connectivity index (χ1n) is 15.7. The van der Waals surface area contributed by atoms with E-state index in [9.17, 15) is 22.0 Å². The molecule has 0 radical (unpaired) electrons. The summed E-state index contributed by atoms with van der Waals surface area (Å²) < 4.78 is 69.8. The van der Waals surface area contributed by atoms with Crippen molar-refractivity contribution >= 4 is 0 Å². The highest BCUT2D eigenvalue weighted by atomic mass is 19.2. The van der Waals surface area contributed by atoms with Crippen LogP contribution in [0.15, 0.2) is 91.1 Å². The molecule has 9 heteroatoms. The molecule has 2 heterocycles. The lowest BCUT2D eigenvalue weighted by Crippen LogP contribution is -2.10. The van der Waals surface area contributed by atoms with Gasteiger partial charge in [-0.1, -0.05) is 114 Å². The van der Waals surface area contributed by atoms with Gasteiger partial charge >= 0.3 is 0 Å². The molecule has 2 aromatic heterocycles. The highest BCUT2D eigenvalue weighted by molar-refractivity contribution is 5.72. The van der Waals surface area contributed by atoms with Crippen molar-refractivity contribution in [3.05, 3.63) is 131 Å². The molecule has 0 spiro atoms. The summed E-state index contributed by atoms with van der Waals surface area (Å²) in [6.07, 6.45) is 1.61. The van der Waals surface area contributed by atoms with Crippen molar-refractivity contribution in [1.82, 2.24) is 19.9 Å². The molecule has 0 atom stereocenters. The molecule has 0 bridgehead atoms. The quantitative estimate of drug-likeness (QED) is 0.105. The molecule has 0 unspecified atom stereocenters. The Balaban J connectivity index is 1.36. The van der Waals surface area contributed by atoms with Crippen LogP contribution < -0.4 is 0 Å². The van der Waals surface area contributed by atoms with Crippen LogP contribution in [0.1, 0.15) is 52.7 Å². The van der Waals surface area contributed by atoms with E-state index < -0.39 is 34.6 Å². The molecule has 248 valence electrons. The minimum absolute atomic E-state index is 0.0142. The molecule has 0 saturated heterocycles. The number of benzene rings is 4. The Hall–Kier alpha value is -5.31. The Morgan fingerprint density at radius 2 is 0.735 bits per heavy atom. The van der Waals surface area contributed by atoms with Crippen LogP contribution in [0.4, 0.5) is 22.0 Å². The van der Waals surface area contributed by atoms with Gasteiger partial charge in [0.15, 0.2) is 40.7 Å². The van der Waals surface area contributed by atoms with Gasteiger partial charge < -0.3 is 0 Å². The molecule has 0 aliphatic rings. The van der Waals surface area contributed by atoms with Crippen molar-refractivity contribution in [2.24, 2.45) is 0 Å². The van der Waals surface area contributed by atoms with E-state index >= 15 is 0 Å². The van der Waals surface area contributed by atoms with Gasteiger partial charge in [0, 0.05) is 28.5 Å². The van der Waals surface area contributed by atoms with Gasteiger partial charge in [-0.15, -0.1) is 0 Å². The van der Waals surface area contributed by atoms with Crippen molar-refractivity contribution in [2.75, 3.05) is 0 Å². The summed E-state index contributed by atoms with van der Waals surface area (Å²) in [6, 6.07) is 25.4. The molecular weight excluding hydrogens is 631 g/mol. The summed E-state index contributed by atoms with van der Waals surface area (Å²) >= 11 is 0. The Morgan fingerprint density at radius 3 is 1.12 bits per heavy atom. The van der Waals surface area contributed by atoms with E-state index in [1.165, 1.54) is 35.4 Å². The molecule has 0 amide bonds. The lowest BCUT2D eigenvalue weighted by atomic mass is 9.86. The van der Waals surface area contributed by atoms with E-state index in [1.54, 1.807) is 18.3 Å². The third-order valence-corrected chi connectivity index (χ3v) is 8.35. The normalized spacial score (nSPS) is 12.0. The molecular formula is C40H33F5N4. The minimum atomic E-state index is -2.20. The fourth-order valence-corrected chi connectivity index (χ4v) is 5.36. The SMILES string of the molecule is CC(C)(C)c1ccc(-c2nc(-c3ccc(C(C)(C)C)cc3)nc(-c3ccc(-c4ccc(-c5c(F)c(F)c(F)c(F)c5F)cc4)nc3)n2)cc1. The minimum Gasteiger partial charge on any atom is -0.255 e. The van der Waals surface area contributed by atoms with Gasteiger partial charge in [-0.05, 0) is 39.7 Å². The number of hydrogen-bond donors (Lipinski definition) is 0. The predicted molar refractivity (Wildman–Crippen MR) is 182 cm³/mol. The van der Waals surface area contributed by atoms with Crippen LogP contribution in [0.5, 0.6) is 0 Å². The number of halogens is 5. The Labute approximate surface area is 281 Å². The second-order valence-electron chi connectivity index (χ2n) is 13.9. The van der Waals surface area contributed by atoms with Crippen LogP contribution in [-0.2, 0) is 10.8 Å². The highest BCUT2D eigenvalue weighted by Gasteiger charge is 2.26. The zero-order chi connectivity index (χ0) is 35.2. The molecule has 6 rings (SSSR count). The number of pyridine rings is 1. The molecule has 0 aliphatic heterocycles. The van der Waals surface area contributed by atoms with E-state index in [0.29, 0.717) is 34.3 Å². The highest BCUT2D eigenvalue weighted by Crippen LogP contribution is 2.34. The van der Waals surface area contributed by atoms with Crippen molar-refractivity contribution in [1.29, 1.82) is 0 Å². The van der Waals surface area contributed by atoms with Crippen LogP contribution in [0.2, 0.25) is 0 Å². The van der Waals surface area contributed by atoms with Gasteiger partial charge in [0.2, 0.25) is 5.82 Å². The van der Waals surface area contributed by atoms with E-state index in [4.69, 9.17) is 15.0 Å². The largest absolute Gasteiger partial charge is 0.255 e. The summed E-state index contributed by atoms with van der Waals surface area (Å²) in [7, 11) is 0. The van der Waals surface area contributed by atoms with E-state index in [2.05, 4.69) is 70.8 Å². The van der Waals surface area contributed by atoms with E-state index in [0.717, 1.165) is 11.1 Å². The van der Waals surface area contributed by atoms with Gasteiger partial charge in [0.05, 0.1) is 11.3 Å². The maximum absolute atomic E-state index is 14.4. The standard InChI is InChI=1S/C40H33F5N4/c1-39(2,3)27-16-11-24(12-17-27)36-47-37(25-13-18-28(19-14-25)40(4,5)6)49-38(48-36)26-15-20-29(46-21-26)22-7-9-23(10-8-22)30-31(41)33(43)35(45)34(44)32(30)42/h7-21H,1-6H3. The molecule has 0 aliphatic carbocycles. The molecule has 4 aromatic carbocycles. The van der Waals surface area contributed by atoms with Gasteiger partial charge in [-0.25, -0.2) is 36.9 Å².